The van der Waals surface area contributed by atoms with Crippen molar-refractivity contribution in [3.05, 3.63) is 6.92 Å². The van der Waals surface area contributed by atoms with E-state index in [0.29, 0.717) is 19.8 Å². The Morgan fingerprint density at radius 1 is 1.67 bits per heavy atom. The summed E-state index contributed by atoms with van der Waals surface area (Å²) in [6.07, 6.45) is 1.56. The van der Waals surface area contributed by atoms with Gasteiger partial charge >= 0.3 is 0 Å². The highest BCUT2D eigenvalue weighted by atomic mass is 16.6. The molecule has 1 radical (unpaired) electrons. The summed E-state index contributed by atoms with van der Waals surface area (Å²) in [6, 6.07) is 0. The van der Waals surface area contributed by atoms with Crippen LogP contribution in [0.3, 0.4) is 0 Å². The van der Waals surface area contributed by atoms with Gasteiger partial charge in [-0.25, -0.2) is 0 Å². The Hall–Kier alpha value is -0.570. The van der Waals surface area contributed by atoms with Gasteiger partial charge in [0.15, 0.2) is 0 Å². The van der Waals surface area contributed by atoms with Gasteiger partial charge in [0, 0.05) is 6.61 Å². The van der Waals surface area contributed by atoms with Crippen LogP contribution in [0.4, 0.5) is 0 Å². The Kier molecular flexibility index (Phi) is 6.96. The third kappa shape index (κ3) is 7.43. The maximum Gasteiger partial charge on any atom is 0.114 e. The lowest BCUT2D eigenvalue weighted by Crippen LogP contribution is -1.94. The van der Waals surface area contributed by atoms with Crippen molar-refractivity contribution < 1.29 is 9.57 Å². The third-order valence-corrected chi connectivity index (χ3v) is 0.615. The third-order valence-electron chi connectivity index (χ3n) is 0.615. The minimum atomic E-state index is 0.470. The molecule has 0 saturated carbocycles. The van der Waals surface area contributed by atoms with E-state index >= 15 is 0 Å². The molecule has 0 heterocycles. The minimum absolute atomic E-state index is 0.470. The summed E-state index contributed by atoms with van der Waals surface area (Å²) in [5, 5.41) is 3.55. The molecular weight excluding hydrogens is 118 g/mol. The maximum absolute atomic E-state index is 4.84. The first-order valence-electron chi connectivity index (χ1n) is 2.92. The van der Waals surface area contributed by atoms with Crippen LogP contribution in [0.25, 0.3) is 0 Å². The lowest BCUT2D eigenvalue weighted by molar-refractivity contribution is 0.153. The van der Waals surface area contributed by atoms with Gasteiger partial charge in [-0.05, 0) is 13.8 Å². The second-order valence-electron chi connectivity index (χ2n) is 1.28. The van der Waals surface area contributed by atoms with Crippen molar-refractivity contribution in [2.45, 2.75) is 6.92 Å². The van der Waals surface area contributed by atoms with E-state index in [1.165, 1.54) is 0 Å². The molecule has 0 saturated heterocycles. The van der Waals surface area contributed by atoms with E-state index in [9.17, 15) is 0 Å². The Bertz CT molecular complexity index is 73.5. The molecule has 0 N–H and O–H groups in total. The van der Waals surface area contributed by atoms with Gasteiger partial charge in [0.1, 0.15) is 6.61 Å². The molecule has 3 nitrogen and oxygen atoms in total. The number of nitrogens with zero attached hydrogens (tertiary/aromatic N) is 1. The number of oxime groups is 1. The van der Waals surface area contributed by atoms with Crippen molar-refractivity contribution in [3.8, 4) is 0 Å². The molecule has 3 heteroatoms. The Morgan fingerprint density at radius 3 is 3.00 bits per heavy atom. The fourth-order valence-corrected chi connectivity index (χ4v) is 0.294. The first-order valence-corrected chi connectivity index (χ1v) is 2.92. The van der Waals surface area contributed by atoms with Gasteiger partial charge in [-0.15, -0.1) is 0 Å². The van der Waals surface area contributed by atoms with Crippen LogP contribution in [-0.2, 0) is 9.57 Å². The zero-order chi connectivity index (χ0) is 6.95. The van der Waals surface area contributed by atoms with Gasteiger partial charge in [0.25, 0.3) is 0 Å². The molecule has 0 aliphatic heterocycles. The van der Waals surface area contributed by atoms with Crippen molar-refractivity contribution >= 4 is 6.21 Å². The second kappa shape index (κ2) is 7.43. The van der Waals surface area contributed by atoms with Gasteiger partial charge in [-0.1, -0.05) is 5.16 Å². The molecule has 53 valence electrons. The summed E-state index contributed by atoms with van der Waals surface area (Å²) in [6.45, 7) is 6.90. The van der Waals surface area contributed by atoms with Crippen molar-refractivity contribution in [3.63, 3.8) is 0 Å². The summed E-state index contributed by atoms with van der Waals surface area (Å²) in [7, 11) is 0. The Balaban J connectivity index is 2.86. The van der Waals surface area contributed by atoms with Crippen LogP contribution in [-0.4, -0.2) is 26.0 Å². The van der Waals surface area contributed by atoms with Gasteiger partial charge in [0.2, 0.25) is 0 Å². The molecule has 0 amide bonds. The Labute approximate surface area is 55.6 Å². The molecule has 0 aromatic carbocycles. The van der Waals surface area contributed by atoms with Crippen LogP contribution in [0, 0.1) is 6.92 Å². The van der Waals surface area contributed by atoms with Crippen molar-refractivity contribution in [2.75, 3.05) is 19.8 Å². The molecule has 0 fully saturated rings. The molecule has 0 unspecified atom stereocenters. The van der Waals surface area contributed by atoms with Crippen molar-refractivity contribution in [2.24, 2.45) is 5.16 Å². The topological polar surface area (TPSA) is 30.8 Å². The smallest absolute Gasteiger partial charge is 0.114 e. The van der Waals surface area contributed by atoms with E-state index in [-0.39, 0.29) is 0 Å². The van der Waals surface area contributed by atoms with Gasteiger partial charge in [-0.3, -0.25) is 0 Å². The van der Waals surface area contributed by atoms with Crippen LogP contribution in [0.1, 0.15) is 6.92 Å². The van der Waals surface area contributed by atoms with E-state index in [1.807, 2.05) is 6.92 Å². The quantitative estimate of drug-likeness (QED) is 0.314. The zero-order valence-corrected chi connectivity index (χ0v) is 5.67. The summed E-state index contributed by atoms with van der Waals surface area (Å²) < 4.78 is 4.84. The molecule has 0 atom stereocenters. The van der Waals surface area contributed by atoms with Gasteiger partial charge < -0.3 is 9.57 Å². The molecule has 0 bridgehead atoms. The summed E-state index contributed by atoms with van der Waals surface area (Å²) in [5.74, 6) is 0. The fraction of sp³-hybridized carbons (Fsp3) is 0.667. The molecule has 0 aliphatic carbocycles. The van der Waals surface area contributed by atoms with Crippen LogP contribution >= 0.6 is 0 Å². The van der Waals surface area contributed by atoms with Gasteiger partial charge in [-0.2, -0.15) is 0 Å². The van der Waals surface area contributed by atoms with E-state index in [1.54, 1.807) is 6.21 Å². The highest BCUT2D eigenvalue weighted by Crippen LogP contribution is 1.72. The molecule has 0 aliphatic rings. The maximum atomic E-state index is 4.84. The predicted molar refractivity (Wildman–Crippen MR) is 36.3 cm³/mol. The highest BCUT2D eigenvalue weighted by molar-refractivity contribution is 5.57. The molecule has 0 aromatic rings. The minimum Gasteiger partial charge on any atom is -0.396 e. The van der Waals surface area contributed by atoms with E-state index in [0.717, 1.165) is 0 Å². The van der Waals surface area contributed by atoms with Crippen LogP contribution < -0.4 is 0 Å². The van der Waals surface area contributed by atoms with E-state index < -0.39 is 0 Å². The second-order valence-corrected chi connectivity index (χ2v) is 1.28. The average molecular weight is 130 g/mol. The van der Waals surface area contributed by atoms with Crippen LogP contribution in [0.2, 0.25) is 0 Å². The summed E-state index contributed by atoms with van der Waals surface area (Å²) in [4.78, 5) is 4.65. The van der Waals surface area contributed by atoms with Gasteiger partial charge in [0.05, 0.1) is 12.8 Å². The highest BCUT2D eigenvalue weighted by Gasteiger charge is 1.75. The normalized spacial score (nSPS) is 10.4. The van der Waals surface area contributed by atoms with Crippen LogP contribution in [0.15, 0.2) is 5.16 Å². The summed E-state index contributed by atoms with van der Waals surface area (Å²) >= 11 is 0. The molecular formula is C6H12NO2. The largest absolute Gasteiger partial charge is 0.396 e. The fourth-order valence-electron chi connectivity index (χ4n) is 0.294. The standard InChI is InChI=1S/C6H12NO2/c1-3-8-6-5-7-9-4-2/h5H,1,3-4,6H2,2H3. The number of hydrogen-bond donors (Lipinski definition) is 0. The summed E-state index contributed by atoms with van der Waals surface area (Å²) in [5.41, 5.74) is 0. The molecule has 9 heavy (non-hydrogen) atoms. The average Bonchev–Trinajstić information content (AvgIpc) is 1.89. The van der Waals surface area contributed by atoms with Crippen molar-refractivity contribution in [1.82, 2.24) is 0 Å². The first-order chi connectivity index (χ1) is 4.41. The number of hydrogen-bond acceptors (Lipinski definition) is 3. The van der Waals surface area contributed by atoms with E-state index in [4.69, 9.17) is 4.74 Å². The van der Waals surface area contributed by atoms with Crippen LogP contribution in [0.5, 0.6) is 0 Å². The number of rotatable bonds is 5. The van der Waals surface area contributed by atoms with E-state index in [2.05, 4.69) is 16.9 Å². The molecule has 0 spiro atoms. The SMILES string of the molecule is [CH2]COCC=NOCC. The monoisotopic (exact) mass is 130 g/mol. The first kappa shape index (κ1) is 8.43. The lowest BCUT2D eigenvalue weighted by atomic mass is 10.8. The lowest BCUT2D eigenvalue weighted by Gasteiger charge is -1.92. The zero-order valence-electron chi connectivity index (χ0n) is 5.67. The molecule has 0 rings (SSSR count). The Morgan fingerprint density at radius 2 is 2.44 bits per heavy atom. The molecule has 0 aromatic heterocycles. The predicted octanol–water partition coefficient (Wildman–Crippen LogP) is 0.859. The number of ether oxygens (including phenoxy) is 1. The van der Waals surface area contributed by atoms with Crippen molar-refractivity contribution in [1.29, 1.82) is 0 Å².